The average molecular weight is 425 g/mol. The first kappa shape index (κ1) is 18.5. The van der Waals surface area contributed by atoms with Gasteiger partial charge in [-0.15, -0.1) is 0 Å². The number of amides is 2. The van der Waals surface area contributed by atoms with Crippen molar-refractivity contribution in [1.82, 2.24) is 15.2 Å². The van der Waals surface area contributed by atoms with Crippen LogP contribution in [0.5, 0.6) is 0 Å². The van der Waals surface area contributed by atoms with Crippen molar-refractivity contribution >= 4 is 57.2 Å². The minimum absolute atomic E-state index is 0.0274. The Morgan fingerprint density at radius 1 is 1.33 bits per heavy atom. The van der Waals surface area contributed by atoms with Gasteiger partial charge in [0.25, 0.3) is 0 Å². The molecule has 1 unspecified atom stereocenters. The SMILES string of the molecule is CC(=O)NCC(=O)N1CCC2(C1)CN(c1ncc(Cl)s1)c1ccc(Cl)cc12. The van der Waals surface area contributed by atoms with Gasteiger partial charge in [0.05, 0.1) is 12.7 Å². The Morgan fingerprint density at radius 3 is 2.85 bits per heavy atom. The molecule has 0 bridgehead atoms. The number of carbonyl (C=O) groups is 2. The Kier molecular flexibility index (Phi) is 4.78. The Bertz CT molecular complexity index is 919. The number of hydrogen-bond donors (Lipinski definition) is 1. The summed E-state index contributed by atoms with van der Waals surface area (Å²) in [5.74, 6) is -0.275. The van der Waals surface area contributed by atoms with Gasteiger partial charge in [-0.1, -0.05) is 34.5 Å². The quantitative estimate of drug-likeness (QED) is 0.821. The monoisotopic (exact) mass is 424 g/mol. The van der Waals surface area contributed by atoms with Crippen LogP contribution in [0, 0.1) is 0 Å². The van der Waals surface area contributed by atoms with Crippen LogP contribution in [0.25, 0.3) is 0 Å². The van der Waals surface area contributed by atoms with E-state index >= 15 is 0 Å². The van der Waals surface area contributed by atoms with E-state index in [0.29, 0.717) is 22.4 Å². The topological polar surface area (TPSA) is 65.5 Å². The van der Waals surface area contributed by atoms with Gasteiger partial charge in [-0.2, -0.15) is 0 Å². The lowest BCUT2D eigenvalue weighted by Crippen LogP contribution is -2.41. The fourth-order valence-corrected chi connectivity index (χ4v) is 5.02. The molecule has 1 atom stereocenters. The molecule has 1 spiro atoms. The number of thiazole rings is 1. The van der Waals surface area contributed by atoms with Gasteiger partial charge in [-0.05, 0) is 30.2 Å². The Labute approximate surface area is 171 Å². The third-order valence-electron chi connectivity index (χ3n) is 5.17. The van der Waals surface area contributed by atoms with E-state index in [-0.39, 0.29) is 23.8 Å². The van der Waals surface area contributed by atoms with Crippen molar-refractivity contribution < 1.29 is 9.59 Å². The summed E-state index contributed by atoms with van der Waals surface area (Å²) in [5.41, 5.74) is 1.99. The van der Waals surface area contributed by atoms with Crippen molar-refractivity contribution in [3.05, 3.63) is 39.3 Å². The zero-order valence-corrected chi connectivity index (χ0v) is 17.0. The van der Waals surface area contributed by atoms with Crippen LogP contribution in [0.15, 0.2) is 24.4 Å². The summed E-state index contributed by atoms with van der Waals surface area (Å²) in [5, 5.41) is 4.09. The highest BCUT2D eigenvalue weighted by molar-refractivity contribution is 7.19. The number of rotatable bonds is 3. The molecule has 6 nitrogen and oxygen atoms in total. The van der Waals surface area contributed by atoms with Crippen molar-refractivity contribution in [2.75, 3.05) is 31.1 Å². The molecule has 2 aromatic rings. The molecule has 1 saturated heterocycles. The van der Waals surface area contributed by atoms with Crippen LogP contribution in [0.4, 0.5) is 10.8 Å². The number of hydrogen-bond acceptors (Lipinski definition) is 5. The highest BCUT2D eigenvalue weighted by Gasteiger charge is 2.49. The van der Waals surface area contributed by atoms with Gasteiger partial charge in [0, 0.05) is 42.7 Å². The summed E-state index contributed by atoms with van der Waals surface area (Å²) < 4.78 is 0.639. The van der Waals surface area contributed by atoms with E-state index in [0.717, 1.165) is 29.3 Å². The zero-order valence-electron chi connectivity index (χ0n) is 14.7. The molecule has 3 heterocycles. The molecular weight excluding hydrogens is 407 g/mol. The summed E-state index contributed by atoms with van der Waals surface area (Å²) >= 11 is 13.8. The van der Waals surface area contributed by atoms with Crippen molar-refractivity contribution in [3.63, 3.8) is 0 Å². The highest BCUT2D eigenvalue weighted by atomic mass is 35.5. The van der Waals surface area contributed by atoms with E-state index in [9.17, 15) is 9.59 Å². The second kappa shape index (κ2) is 6.96. The van der Waals surface area contributed by atoms with Gasteiger partial charge < -0.3 is 15.1 Å². The van der Waals surface area contributed by atoms with E-state index in [2.05, 4.69) is 15.2 Å². The number of aromatic nitrogens is 1. The van der Waals surface area contributed by atoms with Gasteiger partial charge in [0.15, 0.2) is 5.13 Å². The van der Waals surface area contributed by atoms with E-state index in [1.165, 1.54) is 18.3 Å². The second-order valence-electron chi connectivity index (χ2n) is 6.95. The molecule has 1 aromatic heterocycles. The third kappa shape index (κ3) is 3.39. The van der Waals surface area contributed by atoms with Gasteiger partial charge in [-0.25, -0.2) is 4.98 Å². The van der Waals surface area contributed by atoms with Gasteiger partial charge in [0.2, 0.25) is 11.8 Å². The third-order valence-corrected chi connectivity index (χ3v) is 6.55. The van der Waals surface area contributed by atoms with Crippen molar-refractivity contribution in [1.29, 1.82) is 0 Å². The lowest BCUT2D eigenvalue weighted by atomic mass is 9.81. The maximum Gasteiger partial charge on any atom is 0.241 e. The number of anilines is 2. The lowest BCUT2D eigenvalue weighted by molar-refractivity contribution is -0.131. The van der Waals surface area contributed by atoms with E-state index in [4.69, 9.17) is 23.2 Å². The molecule has 2 aliphatic heterocycles. The van der Waals surface area contributed by atoms with Crippen molar-refractivity contribution in [3.8, 4) is 0 Å². The maximum absolute atomic E-state index is 12.5. The predicted octanol–water partition coefficient (Wildman–Crippen LogP) is 3.21. The van der Waals surface area contributed by atoms with Gasteiger partial charge >= 0.3 is 0 Å². The molecule has 4 rings (SSSR count). The first-order valence-electron chi connectivity index (χ1n) is 8.59. The average Bonchev–Trinajstić information content (AvgIpc) is 3.32. The second-order valence-corrected chi connectivity index (χ2v) is 9.03. The number of carbonyl (C=O) groups excluding carboxylic acids is 2. The molecule has 0 aliphatic carbocycles. The van der Waals surface area contributed by atoms with Gasteiger partial charge in [0.1, 0.15) is 4.34 Å². The van der Waals surface area contributed by atoms with Crippen LogP contribution in [-0.2, 0) is 15.0 Å². The molecule has 0 radical (unpaired) electrons. The smallest absolute Gasteiger partial charge is 0.241 e. The Morgan fingerprint density at radius 2 is 2.15 bits per heavy atom. The van der Waals surface area contributed by atoms with Crippen LogP contribution in [0.1, 0.15) is 18.9 Å². The van der Waals surface area contributed by atoms with Crippen molar-refractivity contribution in [2.24, 2.45) is 0 Å². The largest absolute Gasteiger partial charge is 0.347 e. The predicted molar refractivity (Wildman–Crippen MR) is 107 cm³/mol. The number of likely N-dealkylation sites (tertiary alicyclic amines) is 1. The number of fused-ring (bicyclic) bond motifs is 2. The fraction of sp³-hybridized carbons (Fsp3) is 0.389. The minimum atomic E-state index is -0.206. The summed E-state index contributed by atoms with van der Waals surface area (Å²) in [4.78, 5) is 32.0. The Balaban J connectivity index is 1.63. The Hall–Kier alpha value is -1.83. The lowest BCUT2D eigenvalue weighted by Gasteiger charge is -2.25. The standard InChI is InChI=1S/C18H18Cl2N4O2S/c1-11(25)21-8-16(26)23-5-4-18(9-23)10-24(17-22-7-15(20)27-17)14-3-2-12(19)6-13(14)18/h2-3,6-7H,4-5,8-10H2,1H3,(H,21,25). The fourth-order valence-electron chi connectivity index (χ4n) is 3.93. The molecule has 1 aromatic carbocycles. The summed E-state index contributed by atoms with van der Waals surface area (Å²) in [6, 6.07) is 5.87. The number of benzene rings is 1. The molecule has 2 amide bonds. The first-order chi connectivity index (χ1) is 12.9. The van der Waals surface area contributed by atoms with Crippen LogP contribution in [0.2, 0.25) is 9.36 Å². The number of halogens is 2. The zero-order chi connectivity index (χ0) is 19.2. The highest BCUT2D eigenvalue weighted by Crippen LogP contribution is 2.50. The van der Waals surface area contributed by atoms with Crippen LogP contribution in [0.3, 0.4) is 0 Å². The van der Waals surface area contributed by atoms with E-state index in [1.807, 2.05) is 23.1 Å². The van der Waals surface area contributed by atoms with E-state index in [1.54, 1.807) is 6.20 Å². The van der Waals surface area contributed by atoms with Crippen LogP contribution in [-0.4, -0.2) is 47.9 Å². The van der Waals surface area contributed by atoms with Crippen molar-refractivity contribution in [2.45, 2.75) is 18.8 Å². The minimum Gasteiger partial charge on any atom is -0.347 e. The summed E-state index contributed by atoms with van der Waals surface area (Å²) in [6.45, 7) is 3.40. The number of nitrogens with one attached hydrogen (secondary N) is 1. The number of nitrogens with zero attached hydrogens (tertiary/aromatic N) is 3. The molecule has 9 heteroatoms. The molecule has 1 N–H and O–H groups in total. The molecule has 0 saturated carbocycles. The maximum atomic E-state index is 12.5. The molecule has 2 aliphatic rings. The molecule has 142 valence electrons. The summed E-state index contributed by atoms with van der Waals surface area (Å²) in [7, 11) is 0. The molecule has 1 fully saturated rings. The van der Waals surface area contributed by atoms with Gasteiger partial charge in [-0.3, -0.25) is 9.59 Å². The molecular formula is C18H18Cl2N4O2S. The summed E-state index contributed by atoms with van der Waals surface area (Å²) in [6.07, 6.45) is 2.49. The van der Waals surface area contributed by atoms with Crippen LogP contribution >= 0.6 is 34.5 Å². The molecule has 27 heavy (non-hydrogen) atoms. The normalized spacial score (nSPS) is 21.0. The van der Waals surface area contributed by atoms with Crippen LogP contribution < -0.4 is 10.2 Å². The first-order valence-corrected chi connectivity index (χ1v) is 10.2. The van der Waals surface area contributed by atoms with E-state index < -0.39 is 0 Å².